The highest BCUT2D eigenvalue weighted by Gasteiger charge is 2.30. The van der Waals surface area contributed by atoms with Crippen molar-refractivity contribution in [3.63, 3.8) is 0 Å². The van der Waals surface area contributed by atoms with E-state index in [1.807, 2.05) is 0 Å². The molecule has 1 aromatic heterocycles. The van der Waals surface area contributed by atoms with Crippen molar-refractivity contribution in [3.05, 3.63) is 48.3 Å². The Bertz CT molecular complexity index is 521. The summed E-state index contributed by atoms with van der Waals surface area (Å²) in [5.41, 5.74) is 6.16. The number of hydrogen-bond acceptors (Lipinski definition) is 2. The number of nitrogens with zero attached hydrogens (tertiary/aromatic N) is 1. The second-order valence-corrected chi connectivity index (χ2v) is 3.54. The zero-order valence-corrected chi connectivity index (χ0v) is 8.70. The molecule has 0 atom stereocenters. The van der Waals surface area contributed by atoms with Gasteiger partial charge in [0.05, 0.1) is 5.56 Å². The molecule has 5 heteroatoms. The van der Waals surface area contributed by atoms with Gasteiger partial charge in [0.1, 0.15) is 0 Å². The largest absolute Gasteiger partial charge is 0.416 e. The molecule has 17 heavy (non-hydrogen) atoms. The van der Waals surface area contributed by atoms with Gasteiger partial charge >= 0.3 is 6.18 Å². The van der Waals surface area contributed by atoms with Crippen LogP contribution in [0.15, 0.2) is 42.7 Å². The molecule has 2 aromatic rings. The van der Waals surface area contributed by atoms with Crippen molar-refractivity contribution in [1.82, 2.24) is 4.98 Å². The van der Waals surface area contributed by atoms with Gasteiger partial charge in [-0.25, -0.2) is 0 Å². The minimum atomic E-state index is -4.37. The maximum absolute atomic E-state index is 12.6. The molecule has 0 saturated heterocycles. The number of pyridine rings is 1. The first-order valence-corrected chi connectivity index (χ1v) is 4.85. The molecular weight excluding hydrogens is 229 g/mol. The van der Waals surface area contributed by atoms with Crippen molar-refractivity contribution in [2.45, 2.75) is 6.18 Å². The van der Waals surface area contributed by atoms with Crippen LogP contribution in [0.1, 0.15) is 5.56 Å². The van der Waals surface area contributed by atoms with E-state index in [1.165, 1.54) is 12.3 Å². The fourth-order valence-electron chi connectivity index (χ4n) is 1.50. The fourth-order valence-corrected chi connectivity index (χ4v) is 1.50. The van der Waals surface area contributed by atoms with Gasteiger partial charge in [-0.1, -0.05) is 6.07 Å². The number of alkyl halides is 3. The second-order valence-electron chi connectivity index (χ2n) is 3.54. The zero-order valence-electron chi connectivity index (χ0n) is 8.70. The molecule has 0 aliphatic carbocycles. The lowest BCUT2D eigenvalue weighted by Crippen LogP contribution is -2.05. The summed E-state index contributed by atoms with van der Waals surface area (Å²) in [4.78, 5) is 3.86. The van der Waals surface area contributed by atoms with Crippen LogP contribution in [0.5, 0.6) is 0 Å². The molecule has 2 nitrogen and oxygen atoms in total. The Kier molecular flexibility index (Phi) is 2.75. The summed E-state index contributed by atoms with van der Waals surface area (Å²) >= 11 is 0. The van der Waals surface area contributed by atoms with Gasteiger partial charge in [-0.05, 0) is 24.3 Å². The molecular formula is C12H9F3N2. The molecule has 0 radical (unpaired) electrons. The van der Waals surface area contributed by atoms with E-state index < -0.39 is 11.7 Å². The normalized spacial score (nSPS) is 11.5. The molecule has 0 bridgehead atoms. The van der Waals surface area contributed by atoms with Crippen molar-refractivity contribution in [2.75, 3.05) is 5.73 Å². The second kappa shape index (κ2) is 4.08. The van der Waals surface area contributed by atoms with Crippen LogP contribution < -0.4 is 5.73 Å². The number of aromatic nitrogens is 1. The Morgan fingerprint density at radius 1 is 1.12 bits per heavy atom. The molecule has 0 fully saturated rings. The van der Waals surface area contributed by atoms with Crippen LogP contribution in [-0.4, -0.2) is 4.98 Å². The van der Waals surface area contributed by atoms with Gasteiger partial charge < -0.3 is 5.73 Å². The summed E-state index contributed by atoms with van der Waals surface area (Å²) in [7, 11) is 0. The van der Waals surface area contributed by atoms with Gasteiger partial charge in [-0.3, -0.25) is 4.98 Å². The first-order valence-electron chi connectivity index (χ1n) is 4.85. The summed E-state index contributed by atoms with van der Waals surface area (Å²) in [6, 6.07) is 6.57. The maximum Gasteiger partial charge on any atom is 0.416 e. The van der Waals surface area contributed by atoms with Crippen molar-refractivity contribution in [2.24, 2.45) is 0 Å². The SMILES string of the molecule is Nc1ccc(C(F)(F)F)cc1-c1cccnc1. The number of rotatable bonds is 1. The third-order valence-corrected chi connectivity index (χ3v) is 2.35. The molecule has 0 aliphatic rings. The minimum absolute atomic E-state index is 0.297. The number of nitrogens with two attached hydrogens (primary N) is 1. The van der Waals surface area contributed by atoms with E-state index in [1.54, 1.807) is 18.3 Å². The third-order valence-electron chi connectivity index (χ3n) is 2.35. The lowest BCUT2D eigenvalue weighted by Gasteiger charge is -2.11. The Hall–Kier alpha value is -2.04. The maximum atomic E-state index is 12.6. The van der Waals surface area contributed by atoms with Crippen molar-refractivity contribution in [3.8, 4) is 11.1 Å². The lowest BCUT2D eigenvalue weighted by atomic mass is 10.0. The van der Waals surface area contributed by atoms with Gasteiger partial charge in [-0.2, -0.15) is 13.2 Å². The molecule has 88 valence electrons. The average molecular weight is 238 g/mol. The van der Waals surface area contributed by atoms with Crippen LogP contribution in [0, 0.1) is 0 Å². The highest BCUT2D eigenvalue weighted by atomic mass is 19.4. The Balaban J connectivity index is 2.55. The Morgan fingerprint density at radius 3 is 2.47 bits per heavy atom. The molecule has 2 N–H and O–H groups in total. The quantitative estimate of drug-likeness (QED) is 0.774. The first kappa shape index (κ1) is 11.4. The van der Waals surface area contributed by atoms with Crippen LogP contribution in [0.4, 0.5) is 18.9 Å². The smallest absolute Gasteiger partial charge is 0.398 e. The average Bonchev–Trinajstić information content (AvgIpc) is 2.29. The van der Waals surface area contributed by atoms with Gasteiger partial charge in [0.15, 0.2) is 0 Å². The van der Waals surface area contributed by atoms with E-state index in [-0.39, 0.29) is 0 Å². The molecule has 0 saturated carbocycles. The molecule has 0 aliphatic heterocycles. The van der Waals surface area contributed by atoms with Crippen molar-refractivity contribution < 1.29 is 13.2 Å². The van der Waals surface area contributed by atoms with E-state index >= 15 is 0 Å². The van der Waals surface area contributed by atoms with Gasteiger partial charge in [0.25, 0.3) is 0 Å². The van der Waals surface area contributed by atoms with Crippen LogP contribution in [0.2, 0.25) is 0 Å². The standard InChI is InChI=1S/C12H9F3N2/c13-12(14,15)9-3-4-11(16)10(6-9)8-2-1-5-17-7-8/h1-7H,16H2. The number of nitrogen functional groups attached to an aromatic ring is 1. The van der Waals surface area contributed by atoms with E-state index in [0.717, 1.165) is 12.1 Å². The zero-order chi connectivity index (χ0) is 12.5. The van der Waals surface area contributed by atoms with Crippen molar-refractivity contribution in [1.29, 1.82) is 0 Å². The fraction of sp³-hybridized carbons (Fsp3) is 0.0833. The number of hydrogen-bond donors (Lipinski definition) is 1. The summed E-state index contributed by atoms with van der Waals surface area (Å²) in [5, 5.41) is 0. The van der Waals surface area contributed by atoms with Crippen LogP contribution in [-0.2, 0) is 6.18 Å². The lowest BCUT2D eigenvalue weighted by molar-refractivity contribution is -0.137. The van der Waals surface area contributed by atoms with Crippen molar-refractivity contribution >= 4 is 5.69 Å². The predicted molar refractivity (Wildman–Crippen MR) is 59.1 cm³/mol. The number of halogens is 3. The molecule has 2 rings (SSSR count). The number of benzene rings is 1. The first-order chi connectivity index (χ1) is 7.98. The number of anilines is 1. The molecule has 0 amide bonds. The van der Waals surface area contributed by atoms with E-state index in [0.29, 0.717) is 16.8 Å². The van der Waals surface area contributed by atoms with Crippen LogP contribution >= 0.6 is 0 Å². The summed E-state index contributed by atoms with van der Waals surface area (Å²) < 4.78 is 37.7. The van der Waals surface area contributed by atoms with E-state index in [4.69, 9.17) is 5.73 Å². The predicted octanol–water partition coefficient (Wildman–Crippen LogP) is 3.35. The Morgan fingerprint density at radius 2 is 1.88 bits per heavy atom. The van der Waals surface area contributed by atoms with Crippen LogP contribution in [0.3, 0.4) is 0 Å². The van der Waals surface area contributed by atoms with E-state index in [2.05, 4.69) is 4.98 Å². The summed E-state index contributed by atoms with van der Waals surface area (Å²) in [6.45, 7) is 0. The third kappa shape index (κ3) is 2.38. The minimum Gasteiger partial charge on any atom is -0.398 e. The summed E-state index contributed by atoms with van der Waals surface area (Å²) in [5.74, 6) is 0. The van der Waals surface area contributed by atoms with E-state index in [9.17, 15) is 13.2 Å². The molecule has 1 aromatic carbocycles. The highest BCUT2D eigenvalue weighted by Crippen LogP contribution is 2.34. The molecule has 1 heterocycles. The molecule has 0 spiro atoms. The Labute approximate surface area is 95.9 Å². The van der Waals surface area contributed by atoms with Gasteiger partial charge in [0.2, 0.25) is 0 Å². The van der Waals surface area contributed by atoms with Crippen LogP contribution in [0.25, 0.3) is 11.1 Å². The molecule has 0 unspecified atom stereocenters. The summed E-state index contributed by atoms with van der Waals surface area (Å²) in [6.07, 6.45) is -1.34. The highest BCUT2D eigenvalue weighted by molar-refractivity contribution is 5.76. The van der Waals surface area contributed by atoms with Gasteiger partial charge in [-0.15, -0.1) is 0 Å². The topological polar surface area (TPSA) is 38.9 Å². The van der Waals surface area contributed by atoms with Gasteiger partial charge in [0, 0.05) is 29.2 Å². The monoisotopic (exact) mass is 238 g/mol.